The van der Waals surface area contributed by atoms with Gasteiger partial charge in [-0.05, 0) is 6.07 Å². The Balaban J connectivity index is 3.32. The maximum absolute atomic E-state index is 12.8. The van der Waals surface area contributed by atoms with Crippen LogP contribution in [-0.4, -0.2) is 4.98 Å². The molecule has 0 aromatic carbocycles. The first-order valence-electron chi connectivity index (χ1n) is 3.67. The summed E-state index contributed by atoms with van der Waals surface area (Å²) in [6, 6.07) is 2.40. The molecule has 0 saturated heterocycles. The van der Waals surface area contributed by atoms with Gasteiger partial charge in [0.25, 0.3) is 6.43 Å². The molecule has 1 aromatic heterocycles. The number of nitriles is 1. The lowest BCUT2D eigenvalue weighted by Gasteiger charge is -2.04. The molecule has 0 aliphatic rings. The molecule has 0 saturated carbocycles. The standard InChI is InChI=1S/C8H6F3N3/c9-7(10)5-1-4(2-12)6(3-13)14-8(5)11/h1,7H,3,13H2. The van der Waals surface area contributed by atoms with Gasteiger partial charge in [-0.3, -0.25) is 0 Å². The quantitative estimate of drug-likeness (QED) is 0.737. The summed E-state index contributed by atoms with van der Waals surface area (Å²) in [5, 5.41) is 8.53. The summed E-state index contributed by atoms with van der Waals surface area (Å²) >= 11 is 0. The molecular formula is C8H6F3N3. The molecule has 0 bridgehead atoms. The van der Waals surface area contributed by atoms with Gasteiger partial charge in [-0.25, -0.2) is 13.8 Å². The predicted octanol–water partition coefficient (Wildman–Crippen LogP) is 1.49. The minimum absolute atomic E-state index is 0.0191. The van der Waals surface area contributed by atoms with Gasteiger partial charge < -0.3 is 5.73 Å². The van der Waals surface area contributed by atoms with E-state index in [4.69, 9.17) is 11.0 Å². The van der Waals surface area contributed by atoms with E-state index in [1.165, 1.54) is 0 Å². The zero-order chi connectivity index (χ0) is 10.7. The molecule has 0 radical (unpaired) electrons. The van der Waals surface area contributed by atoms with Gasteiger partial charge >= 0.3 is 0 Å². The van der Waals surface area contributed by atoms with Crippen molar-refractivity contribution >= 4 is 0 Å². The van der Waals surface area contributed by atoms with E-state index < -0.39 is 17.9 Å². The van der Waals surface area contributed by atoms with Gasteiger partial charge in [0.05, 0.1) is 16.8 Å². The van der Waals surface area contributed by atoms with Crippen molar-refractivity contribution < 1.29 is 13.2 Å². The van der Waals surface area contributed by atoms with Crippen LogP contribution in [-0.2, 0) is 6.54 Å². The van der Waals surface area contributed by atoms with Crippen LogP contribution in [0, 0.1) is 17.3 Å². The van der Waals surface area contributed by atoms with Gasteiger partial charge in [-0.15, -0.1) is 0 Å². The summed E-state index contributed by atoms with van der Waals surface area (Å²) in [5.74, 6) is -1.28. The molecule has 2 N–H and O–H groups in total. The fraction of sp³-hybridized carbons (Fsp3) is 0.250. The molecule has 14 heavy (non-hydrogen) atoms. The van der Waals surface area contributed by atoms with E-state index in [1.54, 1.807) is 6.07 Å². The maximum Gasteiger partial charge on any atom is 0.268 e. The largest absolute Gasteiger partial charge is 0.325 e. The van der Waals surface area contributed by atoms with Gasteiger partial charge in [0, 0.05) is 6.54 Å². The zero-order valence-corrected chi connectivity index (χ0v) is 6.97. The normalized spacial score (nSPS) is 10.3. The van der Waals surface area contributed by atoms with Gasteiger partial charge in [-0.2, -0.15) is 9.65 Å². The van der Waals surface area contributed by atoms with E-state index in [0.717, 1.165) is 6.07 Å². The summed E-state index contributed by atoms with van der Waals surface area (Å²) in [6.45, 7) is -0.163. The predicted molar refractivity (Wildman–Crippen MR) is 41.8 cm³/mol. The first kappa shape index (κ1) is 10.5. The third kappa shape index (κ3) is 1.83. The second-order valence-corrected chi connectivity index (χ2v) is 2.48. The Morgan fingerprint density at radius 3 is 2.64 bits per heavy atom. The molecule has 1 rings (SSSR count). The smallest absolute Gasteiger partial charge is 0.268 e. The highest BCUT2D eigenvalue weighted by Crippen LogP contribution is 2.22. The number of pyridine rings is 1. The van der Waals surface area contributed by atoms with Crippen molar-refractivity contribution in [1.82, 2.24) is 4.98 Å². The lowest BCUT2D eigenvalue weighted by Crippen LogP contribution is -2.07. The molecule has 6 heteroatoms. The van der Waals surface area contributed by atoms with Crippen LogP contribution in [0.4, 0.5) is 13.2 Å². The molecule has 0 aliphatic carbocycles. The Morgan fingerprint density at radius 1 is 1.57 bits per heavy atom. The summed E-state index contributed by atoms with van der Waals surface area (Å²) in [6.07, 6.45) is -2.98. The number of rotatable bonds is 2. The Morgan fingerprint density at radius 2 is 2.21 bits per heavy atom. The highest BCUT2D eigenvalue weighted by molar-refractivity contribution is 5.36. The van der Waals surface area contributed by atoms with Crippen LogP contribution in [0.15, 0.2) is 6.07 Å². The summed E-state index contributed by atoms with van der Waals surface area (Å²) in [7, 11) is 0. The van der Waals surface area contributed by atoms with E-state index in [9.17, 15) is 13.2 Å². The highest BCUT2D eigenvalue weighted by atomic mass is 19.3. The minimum Gasteiger partial charge on any atom is -0.325 e. The molecule has 0 atom stereocenters. The Kier molecular flexibility index (Phi) is 3.04. The number of nitrogens with zero attached hydrogens (tertiary/aromatic N) is 2. The molecule has 0 spiro atoms. The van der Waals surface area contributed by atoms with Crippen LogP contribution in [0.2, 0.25) is 0 Å². The van der Waals surface area contributed by atoms with Crippen LogP contribution in [0.3, 0.4) is 0 Å². The Bertz CT molecular complexity index is 384. The van der Waals surface area contributed by atoms with Gasteiger partial charge in [0.1, 0.15) is 6.07 Å². The average molecular weight is 201 g/mol. The second-order valence-electron chi connectivity index (χ2n) is 2.48. The number of hydrogen-bond donors (Lipinski definition) is 1. The molecule has 74 valence electrons. The van der Waals surface area contributed by atoms with E-state index in [0.29, 0.717) is 0 Å². The van der Waals surface area contributed by atoms with Crippen molar-refractivity contribution in [2.24, 2.45) is 5.73 Å². The highest BCUT2D eigenvalue weighted by Gasteiger charge is 2.17. The number of halogens is 3. The fourth-order valence-corrected chi connectivity index (χ4v) is 0.947. The molecule has 1 aromatic rings. The van der Waals surface area contributed by atoms with E-state index in [2.05, 4.69) is 4.98 Å². The molecule has 0 unspecified atom stereocenters. The van der Waals surface area contributed by atoms with Crippen LogP contribution >= 0.6 is 0 Å². The molecule has 1 heterocycles. The summed E-state index contributed by atoms with van der Waals surface area (Å²) < 4.78 is 37.2. The van der Waals surface area contributed by atoms with Gasteiger partial charge in [0.15, 0.2) is 0 Å². The van der Waals surface area contributed by atoms with Gasteiger partial charge in [-0.1, -0.05) is 0 Å². The zero-order valence-electron chi connectivity index (χ0n) is 6.97. The second kappa shape index (κ2) is 4.07. The molecule has 0 aliphatic heterocycles. The van der Waals surface area contributed by atoms with Crippen LogP contribution in [0.1, 0.15) is 23.2 Å². The molecular weight excluding hydrogens is 195 g/mol. The van der Waals surface area contributed by atoms with Crippen molar-refractivity contribution in [2.75, 3.05) is 0 Å². The third-order valence-electron chi connectivity index (χ3n) is 1.63. The number of nitrogens with two attached hydrogens (primary N) is 1. The SMILES string of the molecule is N#Cc1cc(C(F)F)c(F)nc1CN. The van der Waals surface area contributed by atoms with Crippen molar-refractivity contribution in [3.8, 4) is 6.07 Å². The van der Waals surface area contributed by atoms with E-state index >= 15 is 0 Å². The van der Waals surface area contributed by atoms with Gasteiger partial charge in [0.2, 0.25) is 5.95 Å². The van der Waals surface area contributed by atoms with Crippen molar-refractivity contribution in [3.05, 3.63) is 28.8 Å². The van der Waals surface area contributed by atoms with Crippen LogP contribution < -0.4 is 5.73 Å². The van der Waals surface area contributed by atoms with Crippen LogP contribution in [0.5, 0.6) is 0 Å². The monoisotopic (exact) mass is 201 g/mol. The first-order chi connectivity index (χ1) is 6.60. The average Bonchev–Trinajstić information content (AvgIpc) is 2.16. The lowest BCUT2D eigenvalue weighted by molar-refractivity contribution is 0.145. The summed E-state index contributed by atoms with van der Waals surface area (Å²) in [5.41, 5.74) is 4.14. The Labute approximate surface area is 78.0 Å². The molecule has 3 nitrogen and oxygen atoms in total. The Hall–Kier alpha value is -1.61. The van der Waals surface area contributed by atoms with E-state index in [1.807, 2.05) is 0 Å². The fourth-order valence-electron chi connectivity index (χ4n) is 0.947. The molecule has 0 fully saturated rings. The molecule has 0 amide bonds. The summed E-state index contributed by atoms with van der Waals surface area (Å²) in [4.78, 5) is 3.19. The van der Waals surface area contributed by atoms with Crippen LogP contribution in [0.25, 0.3) is 0 Å². The minimum atomic E-state index is -2.98. The topological polar surface area (TPSA) is 62.7 Å². The van der Waals surface area contributed by atoms with Crippen molar-refractivity contribution in [3.63, 3.8) is 0 Å². The number of alkyl halides is 2. The van der Waals surface area contributed by atoms with E-state index in [-0.39, 0.29) is 17.8 Å². The maximum atomic E-state index is 12.8. The van der Waals surface area contributed by atoms with Crippen molar-refractivity contribution in [2.45, 2.75) is 13.0 Å². The first-order valence-corrected chi connectivity index (χ1v) is 3.67. The van der Waals surface area contributed by atoms with Crippen molar-refractivity contribution in [1.29, 1.82) is 5.26 Å². The lowest BCUT2D eigenvalue weighted by atomic mass is 10.1. The third-order valence-corrected chi connectivity index (χ3v) is 1.63. The number of hydrogen-bond acceptors (Lipinski definition) is 3. The number of aromatic nitrogens is 1.